The molecule has 3 rings (SSSR count). The van der Waals surface area contributed by atoms with Gasteiger partial charge in [0.2, 0.25) is 0 Å². The summed E-state index contributed by atoms with van der Waals surface area (Å²) in [6.07, 6.45) is 4.87. The molecule has 1 unspecified atom stereocenters. The Hall–Kier alpha value is -2.86. The van der Waals surface area contributed by atoms with Crippen LogP contribution in [0.1, 0.15) is 29.9 Å². The van der Waals surface area contributed by atoms with Crippen molar-refractivity contribution >= 4 is 29.1 Å². The highest BCUT2D eigenvalue weighted by Gasteiger charge is 2.21. The van der Waals surface area contributed by atoms with Crippen molar-refractivity contribution in [3.05, 3.63) is 59.3 Å². The van der Waals surface area contributed by atoms with E-state index >= 15 is 0 Å². The second-order valence-electron chi connectivity index (χ2n) is 7.67. The van der Waals surface area contributed by atoms with E-state index in [4.69, 9.17) is 28.5 Å². The first-order valence-corrected chi connectivity index (χ1v) is 10.5. The predicted molar refractivity (Wildman–Crippen MR) is 118 cm³/mol. The molecule has 2 N–H and O–H groups in total. The first kappa shape index (κ1) is 22.8. The first-order chi connectivity index (χ1) is 14.7. The third-order valence-corrected chi connectivity index (χ3v) is 5.43. The van der Waals surface area contributed by atoms with Crippen LogP contribution >= 0.6 is 23.2 Å². The molecular weight excluding hydrogens is 439 g/mol. The van der Waals surface area contributed by atoms with Gasteiger partial charge < -0.3 is 15.0 Å². The zero-order valence-corrected chi connectivity index (χ0v) is 18.6. The van der Waals surface area contributed by atoms with E-state index in [1.807, 2.05) is 25.3 Å². The fourth-order valence-corrected chi connectivity index (χ4v) is 3.31. The molecule has 2 heterocycles. The summed E-state index contributed by atoms with van der Waals surface area (Å²) in [5.41, 5.74) is 1.11. The number of carbonyl (C=O) groups is 1. The van der Waals surface area contributed by atoms with E-state index in [2.05, 4.69) is 15.4 Å². The molecule has 0 spiro atoms. The lowest BCUT2D eigenvalue weighted by Crippen LogP contribution is -2.36. The number of rotatable bonds is 8. The van der Waals surface area contributed by atoms with Gasteiger partial charge >= 0.3 is 0 Å². The Bertz CT molecular complexity index is 1120. The van der Waals surface area contributed by atoms with Crippen molar-refractivity contribution in [1.29, 1.82) is 5.26 Å². The van der Waals surface area contributed by atoms with Crippen molar-refractivity contribution < 1.29 is 9.90 Å². The van der Waals surface area contributed by atoms with Gasteiger partial charge in [0.25, 0.3) is 5.91 Å². The van der Waals surface area contributed by atoms with Crippen LogP contribution in [0, 0.1) is 11.3 Å². The smallest absolute Gasteiger partial charge is 0.271 e. The van der Waals surface area contributed by atoms with Gasteiger partial charge in [0.05, 0.1) is 47.2 Å². The average Bonchev–Trinajstić information content (AvgIpc) is 3.37. The maximum Gasteiger partial charge on any atom is 0.271 e. The summed E-state index contributed by atoms with van der Waals surface area (Å²) in [5, 5.41) is 26.8. The largest absolute Gasteiger partial charge is 0.387 e. The van der Waals surface area contributed by atoms with Crippen molar-refractivity contribution in [2.75, 3.05) is 5.88 Å². The SMILES string of the molecule is C[C@@H](Cn1ccc(-c2ccc(C#N)c(Cl)c2)n1)NC(=O)c1cn(CC(C)(O)CCl)cn1. The second-order valence-corrected chi connectivity index (χ2v) is 8.34. The molecule has 1 aromatic carbocycles. The zero-order valence-electron chi connectivity index (χ0n) is 17.1. The topological polar surface area (TPSA) is 109 Å². The molecule has 8 nitrogen and oxygen atoms in total. The Morgan fingerprint density at radius 1 is 1.42 bits per heavy atom. The molecule has 0 bridgehead atoms. The summed E-state index contributed by atoms with van der Waals surface area (Å²) in [5.74, 6) is -0.243. The van der Waals surface area contributed by atoms with Crippen LogP contribution in [0.25, 0.3) is 11.3 Å². The molecule has 1 amide bonds. The van der Waals surface area contributed by atoms with Crippen LogP contribution in [-0.2, 0) is 13.1 Å². The summed E-state index contributed by atoms with van der Waals surface area (Å²) < 4.78 is 3.35. The van der Waals surface area contributed by atoms with Crippen LogP contribution in [0.5, 0.6) is 0 Å². The molecule has 0 aliphatic rings. The van der Waals surface area contributed by atoms with Gasteiger partial charge in [-0.05, 0) is 32.0 Å². The molecule has 0 aliphatic carbocycles. The van der Waals surface area contributed by atoms with Gasteiger partial charge in [-0.2, -0.15) is 10.4 Å². The number of carbonyl (C=O) groups excluding carboxylic acids is 1. The number of aliphatic hydroxyl groups is 1. The predicted octanol–water partition coefficient (Wildman–Crippen LogP) is 3.08. The number of hydrogen-bond acceptors (Lipinski definition) is 5. The number of nitrogens with one attached hydrogen (secondary N) is 1. The molecule has 3 aromatic rings. The van der Waals surface area contributed by atoms with Crippen LogP contribution in [0.4, 0.5) is 0 Å². The van der Waals surface area contributed by atoms with Gasteiger partial charge in [0.15, 0.2) is 0 Å². The van der Waals surface area contributed by atoms with Crippen LogP contribution in [0.3, 0.4) is 0 Å². The van der Waals surface area contributed by atoms with Gasteiger partial charge in [-0.1, -0.05) is 17.7 Å². The minimum atomic E-state index is -1.08. The molecule has 0 fully saturated rings. The van der Waals surface area contributed by atoms with Crippen molar-refractivity contribution in [1.82, 2.24) is 24.6 Å². The maximum absolute atomic E-state index is 12.5. The second kappa shape index (κ2) is 9.52. The quantitative estimate of drug-likeness (QED) is 0.502. The van der Waals surface area contributed by atoms with E-state index in [-0.39, 0.29) is 30.1 Å². The number of nitriles is 1. The lowest BCUT2D eigenvalue weighted by atomic mass is 10.1. The van der Waals surface area contributed by atoms with Crippen molar-refractivity contribution in [2.24, 2.45) is 0 Å². The highest BCUT2D eigenvalue weighted by atomic mass is 35.5. The fraction of sp³-hybridized carbons (Fsp3) is 0.333. The Morgan fingerprint density at radius 2 is 2.19 bits per heavy atom. The number of alkyl halides is 1. The summed E-state index contributed by atoms with van der Waals surface area (Å²) in [4.78, 5) is 16.6. The van der Waals surface area contributed by atoms with E-state index in [1.54, 1.807) is 40.6 Å². The molecule has 162 valence electrons. The number of benzene rings is 1. The maximum atomic E-state index is 12.5. The molecule has 31 heavy (non-hydrogen) atoms. The third kappa shape index (κ3) is 5.85. The summed E-state index contributed by atoms with van der Waals surface area (Å²) in [7, 11) is 0. The minimum Gasteiger partial charge on any atom is -0.387 e. The highest BCUT2D eigenvalue weighted by molar-refractivity contribution is 6.32. The zero-order chi connectivity index (χ0) is 22.6. The average molecular weight is 461 g/mol. The molecule has 0 saturated carbocycles. The van der Waals surface area contributed by atoms with Crippen LogP contribution in [-0.4, -0.2) is 47.9 Å². The number of nitrogens with zero attached hydrogens (tertiary/aromatic N) is 5. The minimum absolute atomic E-state index is 0.0737. The van der Waals surface area contributed by atoms with Gasteiger partial charge in [-0.3, -0.25) is 9.48 Å². The number of imidazole rings is 1. The number of halogens is 2. The monoisotopic (exact) mass is 460 g/mol. The van der Waals surface area contributed by atoms with Gasteiger partial charge in [0, 0.05) is 24.0 Å². The lowest BCUT2D eigenvalue weighted by molar-refractivity contribution is 0.0649. The Kier molecular flexibility index (Phi) is 7.01. The van der Waals surface area contributed by atoms with Crippen LogP contribution in [0.15, 0.2) is 43.0 Å². The van der Waals surface area contributed by atoms with Crippen LogP contribution < -0.4 is 5.32 Å². The van der Waals surface area contributed by atoms with E-state index in [1.165, 1.54) is 6.33 Å². The molecule has 10 heteroatoms. The highest BCUT2D eigenvalue weighted by Crippen LogP contribution is 2.24. The van der Waals surface area contributed by atoms with Crippen molar-refractivity contribution in [3.63, 3.8) is 0 Å². The van der Waals surface area contributed by atoms with E-state index < -0.39 is 5.60 Å². The van der Waals surface area contributed by atoms with Gasteiger partial charge in [-0.15, -0.1) is 11.6 Å². The fourth-order valence-electron chi connectivity index (χ4n) is 3.01. The summed E-state index contributed by atoms with van der Waals surface area (Å²) >= 11 is 11.8. The molecule has 0 aliphatic heterocycles. The Labute approximate surface area is 190 Å². The van der Waals surface area contributed by atoms with E-state index in [9.17, 15) is 9.90 Å². The van der Waals surface area contributed by atoms with Crippen molar-refractivity contribution in [2.45, 2.75) is 38.6 Å². The summed E-state index contributed by atoms with van der Waals surface area (Å²) in [6.45, 7) is 4.18. The first-order valence-electron chi connectivity index (χ1n) is 9.55. The van der Waals surface area contributed by atoms with Crippen molar-refractivity contribution in [3.8, 4) is 17.3 Å². The normalized spacial score (nSPS) is 13.9. The third-order valence-electron chi connectivity index (χ3n) is 4.54. The standard InChI is InChI=1S/C21H22Cl2N6O2/c1-14(26-20(30)19-10-28(13-25-19)12-21(2,31)11-22)9-29-6-5-18(27-29)15-3-4-16(8-24)17(23)7-15/h3-7,10,13-14,31H,9,11-12H2,1-2H3,(H,26,30)/t14-,21?/m0/s1. The molecule has 0 radical (unpaired) electrons. The molecule has 2 atom stereocenters. The number of hydrogen-bond donors (Lipinski definition) is 2. The Balaban J connectivity index is 1.60. The van der Waals surface area contributed by atoms with E-state index in [0.29, 0.717) is 17.1 Å². The lowest BCUT2D eigenvalue weighted by Gasteiger charge is -2.20. The number of amides is 1. The van der Waals surface area contributed by atoms with E-state index in [0.717, 1.165) is 11.3 Å². The molecular formula is C21H22Cl2N6O2. The number of aromatic nitrogens is 4. The Morgan fingerprint density at radius 3 is 2.87 bits per heavy atom. The summed E-state index contributed by atoms with van der Waals surface area (Å²) in [6, 6.07) is 8.82. The molecule has 2 aromatic heterocycles. The molecule has 0 saturated heterocycles. The van der Waals surface area contributed by atoms with Crippen LogP contribution in [0.2, 0.25) is 5.02 Å². The van der Waals surface area contributed by atoms with Gasteiger partial charge in [0.1, 0.15) is 11.8 Å². The van der Waals surface area contributed by atoms with Gasteiger partial charge in [-0.25, -0.2) is 4.98 Å².